The van der Waals surface area contributed by atoms with Crippen LogP contribution in [0.25, 0.3) is 16.7 Å². The quantitative estimate of drug-likeness (QED) is 0.125. The number of benzene rings is 2. The van der Waals surface area contributed by atoms with Crippen LogP contribution in [-0.4, -0.2) is 106 Å². The Morgan fingerprint density at radius 2 is 1.77 bits per heavy atom. The van der Waals surface area contributed by atoms with Crippen LogP contribution in [0.3, 0.4) is 0 Å². The highest BCUT2D eigenvalue weighted by atomic mass is 32.2. The van der Waals surface area contributed by atoms with E-state index >= 15 is 0 Å². The fourth-order valence-corrected chi connectivity index (χ4v) is 6.82. The number of halogens is 2. The number of ether oxygens (including phenoxy) is 6. The molecule has 2 aromatic heterocycles. The molecule has 2 unspecified atom stereocenters. The van der Waals surface area contributed by atoms with Crippen molar-refractivity contribution in [1.82, 2.24) is 19.4 Å². The highest BCUT2D eigenvalue weighted by Gasteiger charge is 2.26. The summed E-state index contributed by atoms with van der Waals surface area (Å²) in [6.07, 6.45) is 1.47. The second kappa shape index (κ2) is 16.4. The first-order valence-corrected chi connectivity index (χ1v) is 16.9. The lowest BCUT2D eigenvalue weighted by Gasteiger charge is -2.26. The SMILES string of the molecule is COc1ccnc(CS(=O)c2nc3c(S(=O)[O-])c(OC(F)F)ccc3n2-c2ccccc2OCCOCCN2CCOCC2)c1OC. The van der Waals surface area contributed by atoms with Crippen LogP contribution < -0.4 is 18.9 Å². The largest absolute Gasteiger partial charge is 0.768 e. The Labute approximate surface area is 274 Å². The average Bonchev–Trinajstić information content (AvgIpc) is 3.45. The summed E-state index contributed by atoms with van der Waals surface area (Å²) in [6, 6.07) is 10.9. The van der Waals surface area contributed by atoms with Crippen molar-refractivity contribution in [2.24, 2.45) is 0 Å². The Balaban J connectivity index is 1.50. The van der Waals surface area contributed by atoms with Crippen molar-refractivity contribution in [3.8, 4) is 28.7 Å². The van der Waals surface area contributed by atoms with Crippen LogP contribution in [0.4, 0.5) is 8.78 Å². The second-order valence-electron chi connectivity index (χ2n) is 9.97. The molecule has 3 heterocycles. The molecule has 1 fully saturated rings. The average molecular weight is 696 g/mol. The summed E-state index contributed by atoms with van der Waals surface area (Å²) >= 11 is -3.05. The van der Waals surface area contributed by atoms with Crippen LogP contribution in [0.5, 0.6) is 23.0 Å². The topological polar surface area (TPSA) is 147 Å². The molecule has 0 saturated carbocycles. The lowest BCUT2D eigenvalue weighted by Crippen LogP contribution is -2.38. The van der Waals surface area contributed by atoms with E-state index in [0.717, 1.165) is 25.7 Å². The zero-order valence-corrected chi connectivity index (χ0v) is 27.2. The minimum absolute atomic E-state index is 0.0922. The van der Waals surface area contributed by atoms with Gasteiger partial charge in [-0.1, -0.05) is 12.1 Å². The van der Waals surface area contributed by atoms with Gasteiger partial charge in [0.15, 0.2) is 11.5 Å². The van der Waals surface area contributed by atoms with E-state index < -0.39 is 39.1 Å². The number of nitrogens with zero attached hydrogens (tertiary/aromatic N) is 4. The summed E-state index contributed by atoms with van der Waals surface area (Å²) in [5, 5.41) is -0.0922. The van der Waals surface area contributed by atoms with Crippen molar-refractivity contribution in [3.05, 3.63) is 54.4 Å². The summed E-state index contributed by atoms with van der Waals surface area (Å²) < 4.78 is 99.1. The molecule has 1 saturated heterocycles. The van der Waals surface area contributed by atoms with Crippen molar-refractivity contribution in [2.45, 2.75) is 22.4 Å². The number of morpholine rings is 1. The minimum Gasteiger partial charge on any atom is -0.768 e. The number of rotatable bonds is 16. The number of pyridine rings is 1. The van der Waals surface area contributed by atoms with Gasteiger partial charge >= 0.3 is 6.61 Å². The first-order chi connectivity index (χ1) is 22.8. The van der Waals surface area contributed by atoms with Gasteiger partial charge in [0.25, 0.3) is 0 Å². The fourth-order valence-electron chi connectivity index (χ4n) is 5.05. The summed E-state index contributed by atoms with van der Waals surface area (Å²) in [5.74, 6) is 0.179. The molecule has 0 amide bonds. The second-order valence-corrected chi connectivity index (χ2v) is 12.2. The molecule has 13 nitrogen and oxygen atoms in total. The van der Waals surface area contributed by atoms with Gasteiger partial charge in [0.1, 0.15) is 23.6 Å². The van der Waals surface area contributed by atoms with Gasteiger partial charge in [0.05, 0.1) is 79.0 Å². The molecule has 1 aliphatic rings. The van der Waals surface area contributed by atoms with Gasteiger partial charge in [0, 0.05) is 31.9 Å². The van der Waals surface area contributed by atoms with Crippen LogP contribution in [0.2, 0.25) is 0 Å². The van der Waals surface area contributed by atoms with E-state index in [2.05, 4.69) is 19.6 Å². The van der Waals surface area contributed by atoms with Crippen LogP contribution in [0.1, 0.15) is 5.69 Å². The van der Waals surface area contributed by atoms with Gasteiger partial charge in [-0.3, -0.25) is 22.9 Å². The molecule has 4 aromatic rings. The maximum Gasteiger partial charge on any atom is 0.387 e. The third-order valence-electron chi connectivity index (χ3n) is 7.18. The number of para-hydroxylation sites is 2. The van der Waals surface area contributed by atoms with Gasteiger partial charge in [0.2, 0.25) is 5.16 Å². The van der Waals surface area contributed by atoms with Gasteiger partial charge in [-0.15, -0.1) is 0 Å². The van der Waals surface area contributed by atoms with E-state index in [1.807, 2.05) is 0 Å². The van der Waals surface area contributed by atoms with Crippen LogP contribution in [-0.2, 0) is 37.1 Å². The summed E-state index contributed by atoms with van der Waals surface area (Å²) in [4.78, 5) is 10.4. The molecular formula is C30H33F2N4O9S2-. The third kappa shape index (κ3) is 8.22. The Morgan fingerprint density at radius 1 is 0.979 bits per heavy atom. The highest BCUT2D eigenvalue weighted by molar-refractivity contribution is 7.84. The normalized spacial score (nSPS) is 15.1. The van der Waals surface area contributed by atoms with Crippen LogP contribution in [0, 0.1) is 0 Å². The van der Waals surface area contributed by atoms with Crippen molar-refractivity contribution < 1.29 is 50.2 Å². The molecule has 0 N–H and O–H groups in total. The summed E-state index contributed by atoms with van der Waals surface area (Å²) in [6.45, 7) is 1.57. The number of fused-ring (bicyclic) bond motifs is 1. The molecular weight excluding hydrogens is 662 g/mol. The monoisotopic (exact) mass is 695 g/mol. The zero-order valence-electron chi connectivity index (χ0n) is 25.6. The molecule has 0 spiro atoms. The molecule has 0 bridgehead atoms. The lowest BCUT2D eigenvalue weighted by molar-refractivity contribution is -0.0516. The number of hydrogen-bond donors (Lipinski definition) is 0. The Kier molecular flexibility index (Phi) is 12.1. The molecule has 254 valence electrons. The van der Waals surface area contributed by atoms with E-state index in [1.54, 1.807) is 30.3 Å². The van der Waals surface area contributed by atoms with Crippen LogP contribution >= 0.6 is 0 Å². The third-order valence-corrected chi connectivity index (χ3v) is 9.13. The lowest BCUT2D eigenvalue weighted by atomic mass is 10.2. The predicted molar refractivity (Wildman–Crippen MR) is 166 cm³/mol. The van der Waals surface area contributed by atoms with E-state index in [9.17, 15) is 21.8 Å². The number of methoxy groups -OCH3 is 2. The number of aromatic nitrogens is 3. The van der Waals surface area contributed by atoms with Crippen molar-refractivity contribution in [3.63, 3.8) is 0 Å². The fraction of sp³-hybridized carbons (Fsp3) is 0.400. The molecule has 0 aliphatic carbocycles. The van der Waals surface area contributed by atoms with E-state index in [4.69, 9.17) is 23.7 Å². The number of hydrogen-bond acceptors (Lipinski definition) is 12. The predicted octanol–water partition coefficient (Wildman–Crippen LogP) is 3.31. The standard InChI is InChI=1S/C30H34F2N4O9S2/c1-40-24-9-10-33-20(27(24)41-2)19-46(37)30-34-26-22(7-8-25(45-29(31)32)28(26)47(38)39)36(30)21-5-3-4-6-23(21)44-18-17-43-16-13-35-11-14-42-15-12-35/h3-10,29H,11-19H2,1-2H3,(H,38,39)/p-1. The molecule has 1 aliphatic heterocycles. The minimum atomic E-state index is -3.29. The Hall–Kier alpha value is -3.74. The summed E-state index contributed by atoms with van der Waals surface area (Å²) in [7, 11) is 0.879. The van der Waals surface area contributed by atoms with Gasteiger partial charge < -0.3 is 33.0 Å². The smallest absolute Gasteiger partial charge is 0.387 e. The molecule has 17 heteroatoms. The number of alkyl halides is 2. The van der Waals surface area contributed by atoms with E-state index in [1.165, 1.54) is 31.0 Å². The Bertz CT molecular complexity index is 1720. The van der Waals surface area contributed by atoms with Crippen molar-refractivity contribution in [2.75, 3.05) is 66.9 Å². The first-order valence-electron chi connectivity index (χ1n) is 14.5. The molecule has 2 aromatic carbocycles. The maximum absolute atomic E-state index is 14.1. The van der Waals surface area contributed by atoms with Crippen LogP contribution in [0.15, 0.2) is 58.7 Å². The highest BCUT2D eigenvalue weighted by Crippen LogP contribution is 2.37. The van der Waals surface area contributed by atoms with Gasteiger partial charge in [-0.25, -0.2) is 4.98 Å². The molecule has 47 heavy (non-hydrogen) atoms. The zero-order chi connectivity index (χ0) is 33.3. The molecule has 0 radical (unpaired) electrons. The summed E-state index contributed by atoms with van der Waals surface area (Å²) in [5.41, 5.74) is 0.614. The first kappa shape index (κ1) is 34.6. The Morgan fingerprint density at radius 3 is 2.49 bits per heavy atom. The van der Waals surface area contributed by atoms with Crippen molar-refractivity contribution >= 4 is 32.9 Å². The molecule has 5 rings (SSSR count). The number of imidazole rings is 1. The van der Waals surface area contributed by atoms with Crippen molar-refractivity contribution in [1.29, 1.82) is 0 Å². The van der Waals surface area contributed by atoms with Gasteiger partial charge in [-0.05, 0) is 35.3 Å². The van der Waals surface area contributed by atoms with E-state index in [-0.39, 0.29) is 46.6 Å². The van der Waals surface area contributed by atoms with E-state index in [0.29, 0.717) is 37.0 Å². The maximum atomic E-state index is 14.1. The van der Waals surface area contributed by atoms with Gasteiger partial charge in [-0.2, -0.15) is 8.78 Å². The molecule has 2 atom stereocenters.